The van der Waals surface area contributed by atoms with Gasteiger partial charge >= 0.3 is 6.18 Å². The first-order valence-electron chi connectivity index (χ1n) is 11.1. The zero-order chi connectivity index (χ0) is 22.7. The molecule has 2 fully saturated rings. The van der Waals surface area contributed by atoms with E-state index in [2.05, 4.69) is 25.3 Å². The highest BCUT2D eigenvalue weighted by Crippen LogP contribution is 2.30. The number of hydrogen-bond acceptors (Lipinski definition) is 4. The van der Waals surface area contributed by atoms with Gasteiger partial charge < -0.3 is 19.7 Å². The monoisotopic (exact) mass is 577 g/mol. The molecule has 1 aliphatic carbocycles. The molecule has 33 heavy (non-hydrogen) atoms. The molecule has 2 aromatic rings. The lowest BCUT2D eigenvalue weighted by Gasteiger charge is -2.38. The number of guanidine groups is 1. The molecule has 1 aliphatic heterocycles. The molecule has 0 amide bonds. The van der Waals surface area contributed by atoms with Gasteiger partial charge in [-0.3, -0.25) is 0 Å². The molecule has 1 saturated heterocycles. The number of piperazine rings is 1. The third-order valence-electron chi connectivity index (χ3n) is 6.38. The van der Waals surface area contributed by atoms with Crippen molar-refractivity contribution in [3.05, 3.63) is 41.5 Å². The zero-order valence-corrected chi connectivity index (χ0v) is 21.3. The molecule has 1 aromatic heterocycles. The fourth-order valence-corrected chi connectivity index (χ4v) is 4.26. The molecular formula is C22H31F3IN7. The first-order valence-corrected chi connectivity index (χ1v) is 11.1. The molecule has 1 aromatic carbocycles. The van der Waals surface area contributed by atoms with E-state index in [9.17, 15) is 13.2 Å². The number of hydrogen-bond donors (Lipinski definition) is 1. The Bertz CT molecular complexity index is 928. The van der Waals surface area contributed by atoms with Crippen LogP contribution in [0.4, 0.5) is 18.9 Å². The van der Waals surface area contributed by atoms with E-state index >= 15 is 0 Å². The number of rotatable bonds is 4. The maximum absolute atomic E-state index is 12.8. The molecule has 182 valence electrons. The van der Waals surface area contributed by atoms with Crippen LogP contribution in [-0.4, -0.2) is 57.8 Å². The van der Waals surface area contributed by atoms with E-state index in [0.717, 1.165) is 74.4 Å². The minimum Gasteiger partial charge on any atom is -0.368 e. The van der Waals surface area contributed by atoms with E-state index < -0.39 is 11.7 Å². The van der Waals surface area contributed by atoms with Crippen LogP contribution in [0.3, 0.4) is 0 Å². The Morgan fingerprint density at radius 2 is 1.70 bits per heavy atom. The number of alkyl halides is 3. The molecule has 1 saturated carbocycles. The Labute approximate surface area is 209 Å². The topological polar surface area (TPSA) is 61.6 Å². The van der Waals surface area contributed by atoms with Crippen molar-refractivity contribution in [2.24, 2.45) is 12.0 Å². The fourth-order valence-electron chi connectivity index (χ4n) is 4.26. The number of benzene rings is 1. The highest BCUT2D eigenvalue weighted by atomic mass is 127. The van der Waals surface area contributed by atoms with Crippen molar-refractivity contribution in [3.8, 4) is 0 Å². The molecule has 0 radical (unpaired) electrons. The van der Waals surface area contributed by atoms with Gasteiger partial charge in [-0.05, 0) is 44.0 Å². The predicted octanol–water partition coefficient (Wildman–Crippen LogP) is 3.97. The Kier molecular flexibility index (Phi) is 8.46. The number of nitrogens with zero attached hydrogens (tertiary/aromatic N) is 6. The molecule has 0 atom stereocenters. The maximum Gasteiger partial charge on any atom is 0.416 e. The SMILES string of the molecule is Cc1nnc(CN=C(NC2CCCC2)N2CCN(c3ccc(C(F)(F)F)cc3)CC2)n1C.I. The zero-order valence-electron chi connectivity index (χ0n) is 19.0. The molecule has 7 nitrogen and oxygen atoms in total. The quantitative estimate of drug-likeness (QED) is 0.339. The minimum absolute atomic E-state index is 0. The summed E-state index contributed by atoms with van der Waals surface area (Å²) in [5.74, 6) is 2.55. The number of halogens is 4. The van der Waals surface area contributed by atoms with Gasteiger partial charge in [-0.2, -0.15) is 13.2 Å². The Morgan fingerprint density at radius 1 is 1.06 bits per heavy atom. The van der Waals surface area contributed by atoms with Gasteiger partial charge in [0.25, 0.3) is 0 Å². The average molecular weight is 577 g/mol. The van der Waals surface area contributed by atoms with E-state index in [1.54, 1.807) is 12.1 Å². The molecule has 0 bridgehead atoms. The number of anilines is 1. The molecule has 0 spiro atoms. The van der Waals surface area contributed by atoms with Crippen molar-refractivity contribution >= 4 is 35.6 Å². The predicted molar refractivity (Wildman–Crippen MR) is 133 cm³/mol. The molecule has 0 unspecified atom stereocenters. The van der Waals surface area contributed by atoms with Crippen LogP contribution in [0.5, 0.6) is 0 Å². The number of aliphatic imine (C=N–C) groups is 1. The normalized spacial score (nSPS) is 17.9. The van der Waals surface area contributed by atoms with Crippen LogP contribution in [-0.2, 0) is 19.8 Å². The number of nitrogens with one attached hydrogen (secondary N) is 1. The Balaban J connectivity index is 0.00000306. The first kappa shape index (κ1) is 25.6. The summed E-state index contributed by atoms with van der Waals surface area (Å²) in [6.07, 6.45) is 0.446. The van der Waals surface area contributed by atoms with E-state index in [0.29, 0.717) is 12.6 Å². The summed E-state index contributed by atoms with van der Waals surface area (Å²) in [4.78, 5) is 9.22. The summed E-state index contributed by atoms with van der Waals surface area (Å²) in [7, 11) is 1.94. The lowest BCUT2D eigenvalue weighted by Crippen LogP contribution is -2.54. The smallest absolute Gasteiger partial charge is 0.368 e. The van der Waals surface area contributed by atoms with E-state index in [-0.39, 0.29) is 24.0 Å². The first-order chi connectivity index (χ1) is 15.3. The lowest BCUT2D eigenvalue weighted by atomic mass is 10.1. The van der Waals surface area contributed by atoms with Gasteiger partial charge in [0.1, 0.15) is 12.4 Å². The van der Waals surface area contributed by atoms with Gasteiger partial charge in [0.2, 0.25) is 0 Å². The maximum atomic E-state index is 12.8. The second-order valence-electron chi connectivity index (χ2n) is 8.51. The van der Waals surface area contributed by atoms with E-state index in [1.165, 1.54) is 12.8 Å². The van der Waals surface area contributed by atoms with Gasteiger partial charge in [-0.25, -0.2) is 4.99 Å². The second kappa shape index (κ2) is 10.9. The number of aromatic nitrogens is 3. The van der Waals surface area contributed by atoms with Gasteiger partial charge in [0, 0.05) is 45.0 Å². The third kappa shape index (κ3) is 6.30. The molecule has 4 rings (SSSR count). The van der Waals surface area contributed by atoms with Crippen LogP contribution < -0.4 is 10.2 Å². The van der Waals surface area contributed by atoms with Gasteiger partial charge in [-0.15, -0.1) is 34.2 Å². The molecular weight excluding hydrogens is 546 g/mol. The minimum atomic E-state index is -4.31. The largest absolute Gasteiger partial charge is 0.416 e. The standard InChI is InChI=1S/C22H30F3N7.HI/c1-16-28-29-20(30(16)2)15-26-21(27-18-5-3-4-6-18)32-13-11-31(12-14-32)19-9-7-17(8-10-19)22(23,24)25;/h7-10,18H,3-6,11-15H2,1-2H3,(H,26,27);1H. The van der Waals surface area contributed by atoms with Crippen molar-refractivity contribution in [2.75, 3.05) is 31.1 Å². The van der Waals surface area contributed by atoms with E-state index in [1.807, 2.05) is 18.5 Å². The van der Waals surface area contributed by atoms with Crippen LogP contribution >= 0.6 is 24.0 Å². The molecule has 2 heterocycles. The summed E-state index contributed by atoms with van der Waals surface area (Å²) in [5.41, 5.74) is 0.198. The third-order valence-corrected chi connectivity index (χ3v) is 6.38. The van der Waals surface area contributed by atoms with Crippen LogP contribution in [0, 0.1) is 6.92 Å². The molecule has 11 heteroatoms. The van der Waals surface area contributed by atoms with Crippen molar-refractivity contribution in [2.45, 2.75) is 51.4 Å². The van der Waals surface area contributed by atoms with Crippen molar-refractivity contribution < 1.29 is 13.2 Å². The van der Waals surface area contributed by atoms with Crippen LogP contribution in [0.2, 0.25) is 0 Å². The summed E-state index contributed by atoms with van der Waals surface area (Å²) in [6.45, 7) is 5.30. The summed E-state index contributed by atoms with van der Waals surface area (Å²) in [5, 5.41) is 12.0. The summed E-state index contributed by atoms with van der Waals surface area (Å²) < 4.78 is 40.5. The Hall–Kier alpha value is -2.05. The van der Waals surface area contributed by atoms with Crippen molar-refractivity contribution in [3.63, 3.8) is 0 Å². The van der Waals surface area contributed by atoms with Gasteiger partial charge in [0.15, 0.2) is 11.8 Å². The number of aryl methyl sites for hydroxylation is 1. The lowest BCUT2D eigenvalue weighted by molar-refractivity contribution is -0.137. The highest BCUT2D eigenvalue weighted by molar-refractivity contribution is 14.0. The highest BCUT2D eigenvalue weighted by Gasteiger charge is 2.30. The average Bonchev–Trinajstić information content (AvgIpc) is 3.41. The van der Waals surface area contributed by atoms with Crippen molar-refractivity contribution in [1.29, 1.82) is 0 Å². The summed E-state index contributed by atoms with van der Waals surface area (Å²) in [6, 6.07) is 5.85. The van der Waals surface area contributed by atoms with E-state index in [4.69, 9.17) is 4.99 Å². The molecule has 1 N–H and O–H groups in total. The Morgan fingerprint density at radius 3 is 2.24 bits per heavy atom. The molecule has 2 aliphatic rings. The fraction of sp³-hybridized carbons (Fsp3) is 0.591. The van der Waals surface area contributed by atoms with Crippen LogP contribution in [0.25, 0.3) is 0 Å². The second-order valence-corrected chi connectivity index (χ2v) is 8.51. The van der Waals surface area contributed by atoms with Gasteiger partial charge in [0.05, 0.1) is 5.56 Å². The van der Waals surface area contributed by atoms with Crippen molar-refractivity contribution in [1.82, 2.24) is 25.0 Å². The van der Waals surface area contributed by atoms with Crippen LogP contribution in [0.15, 0.2) is 29.3 Å². The van der Waals surface area contributed by atoms with Crippen LogP contribution in [0.1, 0.15) is 42.9 Å². The summed E-state index contributed by atoms with van der Waals surface area (Å²) >= 11 is 0. The van der Waals surface area contributed by atoms with Gasteiger partial charge in [-0.1, -0.05) is 12.8 Å².